The fourth-order valence-corrected chi connectivity index (χ4v) is 5.26. The Bertz CT molecular complexity index is 1200. The molecule has 2 bridgehead atoms. The third-order valence-electron chi connectivity index (χ3n) is 6.69. The van der Waals surface area contributed by atoms with E-state index in [0.29, 0.717) is 5.69 Å². The topological polar surface area (TPSA) is 95.2 Å². The van der Waals surface area contributed by atoms with Gasteiger partial charge in [0.05, 0.1) is 22.9 Å². The molecule has 2 fully saturated rings. The van der Waals surface area contributed by atoms with Crippen LogP contribution in [-0.4, -0.2) is 39.1 Å². The molecule has 3 aliphatic rings. The lowest BCUT2D eigenvalue weighted by Gasteiger charge is -2.16. The first-order valence-electron chi connectivity index (χ1n) is 10.5. The number of allylic oxidation sites excluding steroid dienone is 2. The number of aromatic nitrogens is 2. The second-order valence-corrected chi connectivity index (χ2v) is 8.49. The van der Waals surface area contributed by atoms with Gasteiger partial charge >= 0.3 is 0 Å². The Labute approximate surface area is 178 Å². The van der Waals surface area contributed by atoms with E-state index < -0.39 is 0 Å². The second kappa shape index (κ2) is 6.63. The Morgan fingerprint density at radius 1 is 1.00 bits per heavy atom. The molecule has 1 saturated carbocycles. The molecule has 154 valence electrons. The number of carbonyl (C=O) groups excluding carboxylic acids is 3. The highest BCUT2D eigenvalue weighted by Gasteiger charge is 2.59. The van der Waals surface area contributed by atoms with Crippen LogP contribution in [0.2, 0.25) is 0 Å². The predicted molar refractivity (Wildman–Crippen MR) is 115 cm³/mol. The zero-order valence-electron chi connectivity index (χ0n) is 16.6. The first-order valence-corrected chi connectivity index (χ1v) is 10.5. The standard InChI is InChI=1S/C24H20N4O3/c29-19(12-28-23(30)20-14-5-6-15(11-14)21(20)24(28)31)25-16-9-7-13(8-10-16)22-26-17-3-1-2-4-18(17)27-22/h1-10,14-15,20-21H,11-12H2,(H,25,29)(H,26,27). The summed E-state index contributed by atoms with van der Waals surface area (Å²) in [7, 11) is 0. The van der Waals surface area contributed by atoms with Gasteiger partial charge in [0.15, 0.2) is 0 Å². The average Bonchev–Trinajstić information content (AvgIpc) is 3.54. The Hall–Kier alpha value is -3.74. The van der Waals surface area contributed by atoms with Crippen LogP contribution < -0.4 is 5.32 Å². The maximum atomic E-state index is 12.7. The summed E-state index contributed by atoms with van der Waals surface area (Å²) >= 11 is 0. The van der Waals surface area contributed by atoms with Gasteiger partial charge in [0, 0.05) is 11.3 Å². The Morgan fingerprint density at radius 3 is 2.35 bits per heavy atom. The van der Waals surface area contributed by atoms with Gasteiger partial charge in [-0.1, -0.05) is 24.3 Å². The predicted octanol–water partition coefficient (Wildman–Crippen LogP) is 2.98. The minimum Gasteiger partial charge on any atom is -0.338 e. The lowest BCUT2D eigenvalue weighted by molar-refractivity contribution is -0.143. The van der Waals surface area contributed by atoms with Crippen LogP contribution in [-0.2, 0) is 14.4 Å². The normalized spacial score (nSPS) is 26.1. The molecule has 6 rings (SSSR count). The summed E-state index contributed by atoms with van der Waals surface area (Å²) in [6.07, 6.45) is 4.97. The van der Waals surface area contributed by atoms with Gasteiger partial charge in [-0.3, -0.25) is 19.3 Å². The highest BCUT2D eigenvalue weighted by Crippen LogP contribution is 2.52. The van der Waals surface area contributed by atoms with Crippen LogP contribution in [0.15, 0.2) is 60.7 Å². The van der Waals surface area contributed by atoms with Gasteiger partial charge in [-0.05, 0) is 54.7 Å². The summed E-state index contributed by atoms with van der Waals surface area (Å²) < 4.78 is 0. The van der Waals surface area contributed by atoms with Crippen LogP contribution >= 0.6 is 0 Å². The number of hydrogen-bond acceptors (Lipinski definition) is 4. The van der Waals surface area contributed by atoms with Gasteiger partial charge < -0.3 is 10.3 Å². The molecule has 1 aromatic heterocycles. The first kappa shape index (κ1) is 18.1. The third-order valence-corrected chi connectivity index (χ3v) is 6.69. The van der Waals surface area contributed by atoms with E-state index in [1.54, 1.807) is 12.1 Å². The van der Waals surface area contributed by atoms with Crippen molar-refractivity contribution in [3.05, 3.63) is 60.7 Å². The Morgan fingerprint density at radius 2 is 1.68 bits per heavy atom. The zero-order valence-corrected chi connectivity index (χ0v) is 16.6. The van der Waals surface area contributed by atoms with E-state index in [-0.39, 0.29) is 47.9 Å². The molecule has 31 heavy (non-hydrogen) atoms. The van der Waals surface area contributed by atoms with Crippen molar-refractivity contribution in [1.29, 1.82) is 0 Å². The molecule has 2 aliphatic carbocycles. The number of aromatic amines is 1. The molecule has 0 spiro atoms. The number of likely N-dealkylation sites (tertiary alicyclic amines) is 1. The maximum Gasteiger partial charge on any atom is 0.244 e. The summed E-state index contributed by atoms with van der Waals surface area (Å²) in [5.74, 6) is -0.308. The molecular formula is C24H20N4O3. The van der Waals surface area contributed by atoms with Gasteiger partial charge in [-0.25, -0.2) is 4.98 Å². The van der Waals surface area contributed by atoms with Gasteiger partial charge in [0.25, 0.3) is 0 Å². The summed E-state index contributed by atoms with van der Waals surface area (Å²) in [6, 6.07) is 15.1. The third kappa shape index (κ3) is 2.80. The van der Waals surface area contributed by atoms with E-state index in [1.807, 2.05) is 48.6 Å². The number of anilines is 1. The molecule has 0 radical (unpaired) electrons. The van der Waals surface area contributed by atoms with Gasteiger partial charge in [-0.2, -0.15) is 0 Å². The SMILES string of the molecule is O=C(CN1C(=O)C2C3C=CC(C3)C2C1=O)Nc1ccc(-c2nc3ccccc3[nH]2)cc1. The number of H-pyrrole nitrogens is 1. The minimum absolute atomic E-state index is 0.144. The number of benzene rings is 2. The lowest BCUT2D eigenvalue weighted by Crippen LogP contribution is -2.39. The van der Waals surface area contributed by atoms with Crippen molar-refractivity contribution in [3.63, 3.8) is 0 Å². The van der Waals surface area contributed by atoms with Crippen molar-refractivity contribution < 1.29 is 14.4 Å². The molecule has 2 aromatic carbocycles. The van der Waals surface area contributed by atoms with Crippen LogP contribution in [0.25, 0.3) is 22.4 Å². The number of para-hydroxylation sites is 2. The summed E-state index contributed by atoms with van der Waals surface area (Å²) in [4.78, 5) is 47.0. The lowest BCUT2D eigenvalue weighted by atomic mass is 9.85. The molecule has 3 amide bonds. The monoisotopic (exact) mass is 412 g/mol. The van der Waals surface area contributed by atoms with Crippen LogP contribution in [0, 0.1) is 23.7 Å². The maximum absolute atomic E-state index is 12.7. The van der Waals surface area contributed by atoms with Crippen molar-refractivity contribution in [1.82, 2.24) is 14.9 Å². The number of rotatable bonds is 4. The molecule has 1 saturated heterocycles. The van der Waals surface area contributed by atoms with Crippen LogP contribution in [0.3, 0.4) is 0 Å². The zero-order chi connectivity index (χ0) is 21.1. The van der Waals surface area contributed by atoms with Gasteiger partial charge in [-0.15, -0.1) is 0 Å². The quantitative estimate of drug-likeness (QED) is 0.509. The molecule has 2 heterocycles. The van der Waals surface area contributed by atoms with Crippen molar-refractivity contribution in [2.24, 2.45) is 23.7 Å². The Balaban J connectivity index is 1.13. The molecule has 4 atom stereocenters. The van der Waals surface area contributed by atoms with E-state index in [1.165, 1.54) is 0 Å². The largest absolute Gasteiger partial charge is 0.338 e. The Kier molecular flexibility index (Phi) is 3.86. The number of carbonyl (C=O) groups is 3. The fraction of sp³-hybridized carbons (Fsp3) is 0.250. The van der Waals surface area contributed by atoms with Gasteiger partial charge in [0.1, 0.15) is 12.4 Å². The highest BCUT2D eigenvalue weighted by molar-refractivity contribution is 6.09. The molecule has 3 aromatic rings. The van der Waals surface area contributed by atoms with E-state index in [4.69, 9.17) is 0 Å². The van der Waals surface area contributed by atoms with Crippen molar-refractivity contribution in [2.75, 3.05) is 11.9 Å². The highest BCUT2D eigenvalue weighted by atomic mass is 16.2. The number of hydrogen-bond donors (Lipinski definition) is 2. The van der Waals surface area contributed by atoms with Crippen LogP contribution in [0.4, 0.5) is 5.69 Å². The number of amides is 3. The van der Waals surface area contributed by atoms with Crippen LogP contribution in [0.1, 0.15) is 6.42 Å². The average molecular weight is 412 g/mol. The molecule has 7 heteroatoms. The van der Waals surface area contributed by atoms with Crippen molar-refractivity contribution in [3.8, 4) is 11.4 Å². The smallest absolute Gasteiger partial charge is 0.244 e. The fourth-order valence-electron chi connectivity index (χ4n) is 5.26. The first-order chi connectivity index (χ1) is 15.1. The second-order valence-electron chi connectivity index (χ2n) is 8.49. The number of nitrogens with zero attached hydrogens (tertiary/aromatic N) is 2. The van der Waals surface area contributed by atoms with Gasteiger partial charge in [0.2, 0.25) is 17.7 Å². The molecule has 2 N–H and O–H groups in total. The molecule has 7 nitrogen and oxygen atoms in total. The van der Waals surface area contributed by atoms with Crippen molar-refractivity contribution >= 4 is 34.4 Å². The van der Waals surface area contributed by atoms with E-state index in [0.717, 1.165) is 33.7 Å². The molecular weight excluding hydrogens is 392 g/mol. The summed E-state index contributed by atoms with van der Waals surface area (Å²) in [6.45, 7) is -0.241. The van der Waals surface area contributed by atoms with Crippen molar-refractivity contribution in [2.45, 2.75) is 6.42 Å². The van der Waals surface area contributed by atoms with E-state index in [2.05, 4.69) is 15.3 Å². The number of nitrogens with one attached hydrogen (secondary N) is 2. The summed E-state index contributed by atoms with van der Waals surface area (Å²) in [5, 5.41) is 2.79. The van der Waals surface area contributed by atoms with E-state index >= 15 is 0 Å². The van der Waals surface area contributed by atoms with E-state index in [9.17, 15) is 14.4 Å². The van der Waals surface area contributed by atoms with Crippen LogP contribution in [0.5, 0.6) is 0 Å². The molecule has 4 unspecified atom stereocenters. The number of imide groups is 1. The summed E-state index contributed by atoms with van der Waals surface area (Å²) in [5.41, 5.74) is 3.35. The number of imidazole rings is 1. The molecule has 1 aliphatic heterocycles. The number of fused-ring (bicyclic) bond motifs is 6. The minimum atomic E-state index is -0.376.